The molecule has 2 N–H and O–H groups in total. The second-order valence-electron chi connectivity index (χ2n) is 2.07. The van der Waals surface area contributed by atoms with E-state index in [0.717, 1.165) is 6.08 Å². The van der Waals surface area contributed by atoms with Crippen LogP contribution in [0.3, 0.4) is 0 Å². The Morgan fingerprint density at radius 1 is 1.73 bits per heavy atom. The van der Waals surface area contributed by atoms with E-state index < -0.39 is 11.7 Å². The summed E-state index contributed by atoms with van der Waals surface area (Å²) in [6.07, 6.45) is 1.36. The Labute approximate surface area is 63.4 Å². The number of carboxylic acids is 1. The SMILES string of the molecule is CCCC(O)(N=C=O)C(=O)O. The van der Waals surface area contributed by atoms with Crippen molar-refractivity contribution in [2.45, 2.75) is 25.5 Å². The largest absolute Gasteiger partial charge is 0.478 e. The molecular formula is C6H9NO4. The summed E-state index contributed by atoms with van der Waals surface area (Å²) in [5.41, 5.74) is -2.28. The Hall–Kier alpha value is -1.19. The second-order valence-corrected chi connectivity index (χ2v) is 2.07. The van der Waals surface area contributed by atoms with E-state index in [4.69, 9.17) is 10.2 Å². The fourth-order valence-electron chi connectivity index (χ4n) is 0.635. The molecule has 0 radical (unpaired) electrons. The van der Waals surface area contributed by atoms with Crippen LogP contribution in [0.4, 0.5) is 0 Å². The van der Waals surface area contributed by atoms with E-state index in [-0.39, 0.29) is 6.42 Å². The van der Waals surface area contributed by atoms with Crippen molar-refractivity contribution in [2.75, 3.05) is 0 Å². The summed E-state index contributed by atoms with van der Waals surface area (Å²) in [6.45, 7) is 1.67. The zero-order valence-corrected chi connectivity index (χ0v) is 6.07. The lowest BCUT2D eigenvalue weighted by Crippen LogP contribution is -2.35. The number of isocyanates is 1. The van der Waals surface area contributed by atoms with Crippen LogP contribution >= 0.6 is 0 Å². The first-order valence-electron chi connectivity index (χ1n) is 3.11. The number of hydrogen-bond donors (Lipinski definition) is 2. The van der Waals surface area contributed by atoms with Crippen LogP contribution in [-0.4, -0.2) is 28.0 Å². The predicted octanol–water partition coefficient (Wildman–Crippen LogP) is -0.104. The van der Waals surface area contributed by atoms with Crippen molar-refractivity contribution in [3.05, 3.63) is 0 Å². The van der Waals surface area contributed by atoms with Crippen LogP contribution in [0.15, 0.2) is 4.99 Å². The van der Waals surface area contributed by atoms with Gasteiger partial charge in [-0.15, -0.1) is 0 Å². The topological polar surface area (TPSA) is 87.0 Å². The standard InChI is InChI=1S/C6H9NO4/c1-2-3-6(11,5(9)10)7-4-8/h11H,2-3H2,1H3,(H,9,10). The highest BCUT2D eigenvalue weighted by molar-refractivity contribution is 5.77. The first-order chi connectivity index (χ1) is 5.06. The van der Waals surface area contributed by atoms with E-state index in [1.807, 2.05) is 0 Å². The van der Waals surface area contributed by atoms with Gasteiger partial charge in [-0.3, -0.25) is 0 Å². The molecular weight excluding hydrogens is 150 g/mol. The molecule has 11 heavy (non-hydrogen) atoms. The van der Waals surface area contributed by atoms with Crippen molar-refractivity contribution < 1.29 is 19.8 Å². The highest BCUT2D eigenvalue weighted by Crippen LogP contribution is 2.13. The molecule has 1 unspecified atom stereocenters. The predicted molar refractivity (Wildman–Crippen MR) is 35.6 cm³/mol. The number of carbonyl (C=O) groups is 1. The van der Waals surface area contributed by atoms with Crippen LogP contribution in [0.1, 0.15) is 19.8 Å². The molecule has 0 aliphatic carbocycles. The van der Waals surface area contributed by atoms with Gasteiger partial charge in [-0.1, -0.05) is 13.3 Å². The fourth-order valence-corrected chi connectivity index (χ4v) is 0.635. The van der Waals surface area contributed by atoms with E-state index in [0.29, 0.717) is 6.42 Å². The lowest BCUT2D eigenvalue weighted by Gasteiger charge is -2.14. The Morgan fingerprint density at radius 2 is 2.27 bits per heavy atom. The molecule has 0 saturated heterocycles. The average Bonchev–Trinajstić information content (AvgIpc) is 1.88. The molecule has 0 bridgehead atoms. The minimum Gasteiger partial charge on any atom is -0.478 e. The van der Waals surface area contributed by atoms with Gasteiger partial charge >= 0.3 is 5.97 Å². The van der Waals surface area contributed by atoms with Gasteiger partial charge in [0.2, 0.25) is 6.08 Å². The van der Waals surface area contributed by atoms with Gasteiger partial charge in [-0.25, -0.2) is 9.59 Å². The van der Waals surface area contributed by atoms with Crippen LogP contribution in [0.2, 0.25) is 0 Å². The molecule has 0 amide bonds. The molecule has 0 aromatic heterocycles. The summed E-state index contributed by atoms with van der Waals surface area (Å²) in [5.74, 6) is -1.53. The third-order valence-corrected chi connectivity index (χ3v) is 1.17. The molecule has 5 nitrogen and oxygen atoms in total. The first kappa shape index (κ1) is 9.81. The molecule has 0 aromatic carbocycles. The molecule has 62 valence electrons. The summed E-state index contributed by atoms with van der Waals surface area (Å²) in [5, 5.41) is 17.4. The molecule has 0 aliphatic heterocycles. The second kappa shape index (κ2) is 3.85. The zero-order chi connectivity index (χ0) is 8.91. The Morgan fingerprint density at radius 3 is 2.55 bits per heavy atom. The normalized spacial score (nSPS) is 14.7. The van der Waals surface area contributed by atoms with Crippen molar-refractivity contribution in [2.24, 2.45) is 4.99 Å². The van der Waals surface area contributed by atoms with Crippen LogP contribution in [0.25, 0.3) is 0 Å². The smallest absolute Gasteiger partial charge is 0.359 e. The molecule has 0 rings (SSSR count). The van der Waals surface area contributed by atoms with Crippen LogP contribution in [-0.2, 0) is 9.59 Å². The highest BCUT2D eigenvalue weighted by Gasteiger charge is 2.34. The number of hydrogen-bond acceptors (Lipinski definition) is 4. The maximum Gasteiger partial charge on any atom is 0.359 e. The van der Waals surface area contributed by atoms with Gasteiger partial charge in [0.05, 0.1) is 0 Å². The number of carboxylic acid groups (broad SMARTS) is 1. The van der Waals surface area contributed by atoms with Crippen molar-refractivity contribution in [1.29, 1.82) is 0 Å². The number of rotatable bonds is 4. The van der Waals surface area contributed by atoms with Gasteiger partial charge in [-0.05, 0) is 0 Å². The van der Waals surface area contributed by atoms with E-state index in [2.05, 4.69) is 4.99 Å². The van der Waals surface area contributed by atoms with Crippen molar-refractivity contribution >= 4 is 12.0 Å². The van der Waals surface area contributed by atoms with Gasteiger partial charge in [0.15, 0.2) is 0 Å². The Kier molecular flexibility index (Phi) is 3.44. The molecule has 0 fully saturated rings. The summed E-state index contributed by atoms with van der Waals surface area (Å²) in [7, 11) is 0. The van der Waals surface area contributed by atoms with Crippen molar-refractivity contribution in [3.63, 3.8) is 0 Å². The van der Waals surface area contributed by atoms with Crippen LogP contribution in [0, 0.1) is 0 Å². The number of carbonyl (C=O) groups excluding carboxylic acids is 1. The van der Waals surface area contributed by atoms with E-state index in [9.17, 15) is 9.59 Å². The molecule has 0 saturated carbocycles. The average molecular weight is 159 g/mol. The van der Waals surface area contributed by atoms with Gasteiger partial charge in [0, 0.05) is 6.42 Å². The number of aliphatic hydroxyl groups is 1. The molecule has 5 heteroatoms. The minimum atomic E-state index is -2.28. The zero-order valence-electron chi connectivity index (χ0n) is 6.07. The maximum absolute atomic E-state index is 10.3. The monoisotopic (exact) mass is 159 g/mol. The number of aliphatic carboxylic acids is 1. The van der Waals surface area contributed by atoms with Gasteiger partial charge in [0.25, 0.3) is 5.72 Å². The van der Waals surface area contributed by atoms with Crippen molar-refractivity contribution in [1.82, 2.24) is 0 Å². The van der Waals surface area contributed by atoms with Crippen LogP contribution < -0.4 is 0 Å². The maximum atomic E-state index is 10.3. The molecule has 0 aliphatic rings. The van der Waals surface area contributed by atoms with E-state index in [1.54, 1.807) is 6.92 Å². The third-order valence-electron chi connectivity index (χ3n) is 1.17. The van der Waals surface area contributed by atoms with Gasteiger partial charge < -0.3 is 10.2 Å². The Balaban J connectivity index is 4.51. The Bertz CT molecular complexity index is 193. The molecule has 1 atom stereocenters. The van der Waals surface area contributed by atoms with Gasteiger partial charge in [0.1, 0.15) is 0 Å². The fraction of sp³-hybridized carbons (Fsp3) is 0.667. The summed E-state index contributed by atoms with van der Waals surface area (Å²) >= 11 is 0. The summed E-state index contributed by atoms with van der Waals surface area (Å²) in [6, 6.07) is 0. The summed E-state index contributed by atoms with van der Waals surface area (Å²) in [4.78, 5) is 22.8. The highest BCUT2D eigenvalue weighted by atomic mass is 16.4. The summed E-state index contributed by atoms with van der Waals surface area (Å²) < 4.78 is 0. The lowest BCUT2D eigenvalue weighted by molar-refractivity contribution is -0.158. The van der Waals surface area contributed by atoms with Crippen molar-refractivity contribution in [3.8, 4) is 0 Å². The quantitative estimate of drug-likeness (QED) is 0.442. The first-order valence-corrected chi connectivity index (χ1v) is 3.11. The molecule has 0 aromatic rings. The lowest BCUT2D eigenvalue weighted by atomic mass is 10.1. The molecule has 0 heterocycles. The van der Waals surface area contributed by atoms with Gasteiger partial charge in [-0.2, -0.15) is 4.99 Å². The third kappa shape index (κ3) is 2.49. The number of nitrogens with zero attached hydrogens (tertiary/aromatic N) is 1. The van der Waals surface area contributed by atoms with Crippen LogP contribution in [0.5, 0.6) is 0 Å². The number of aliphatic imine (C=N–C) groups is 1. The minimum absolute atomic E-state index is 0.0857. The van der Waals surface area contributed by atoms with E-state index >= 15 is 0 Å². The van der Waals surface area contributed by atoms with E-state index in [1.165, 1.54) is 0 Å². The molecule has 0 spiro atoms.